The molecule has 0 bridgehead atoms. The molecule has 0 spiro atoms. The van der Waals surface area contributed by atoms with Gasteiger partial charge in [0.25, 0.3) is 0 Å². The number of rotatable bonds is 13. The van der Waals surface area contributed by atoms with Crippen molar-refractivity contribution in [2.45, 2.75) is 90.5 Å². The van der Waals surface area contributed by atoms with Crippen LogP contribution in [0.25, 0.3) is 0 Å². The van der Waals surface area contributed by atoms with E-state index in [0.717, 1.165) is 12.8 Å². The van der Waals surface area contributed by atoms with Crippen molar-refractivity contribution < 1.29 is 39.4 Å². The van der Waals surface area contributed by atoms with E-state index in [2.05, 4.69) is 27.7 Å². The molecule has 0 saturated carbocycles. The number of quaternary nitrogens is 1. The first-order valence-electron chi connectivity index (χ1n) is 9.93. The predicted octanol–water partition coefficient (Wildman–Crippen LogP) is 5.34. The summed E-state index contributed by atoms with van der Waals surface area (Å²) < 4.78 is 95.9. The van der Waals surface area contributed by atoms with Gasteiger partial charge in [0.1, 0.15) is 0 Å². The van der Waals surface area contributed by atoms with Crippen LogP contribution in [0.3, 0.4) is 0 Å². The van der Waals surface area contributed by atoms with Gasteiger partial charge < -0.3 is 9.04 Å². The Morgan fingerprint density at radius 3 is 1.50 bits per heavy atom. The van der Waals surface area contributed by atoms with Gasteiger partial charge >= 0.3 is 11.2 Å². The van der Waals surface area contributed by atoms with Gasteiger partial charge in [0.05, 0.1) is 26.2 Å². The lowest BCUT2D eigenvalue weighted by Crippen LogP contribution is -2.52. The maximum absolute atomic E-state index is 13.1. The fourth-order valence-corrected chi connectivity index (χ4v) is 3.26. The number of hydrogen-bond donors (Lipinski definition) is 0. The highest BCUT2D eigenvalue weighted by Gasteiger charge is 2.66. The van der Waals surface area contributed by atoms with Crippen molar-refractivity contribution in [2.24, 2.45) is 0 Å². The lowest BCUT2D eigenvalue weighted by Gasteiger charge is -2.34. The summed E-state index contributed by atoms with van der Waals surface area (Å²) in [5.41, 5.74) is 0. The van der Waals surface area contributed by atoms with Crippen LogP contribution in [0, 0.1) is 0 Å². The van der Waals surface area contributed by atoms with E-state index in [4.69, 9.17) is 0 Å². The number of alkyl halides is 5. The number of hydrogen-bond acceptors (Lipinski definition) is 3. The lowest BCUT2D eigenvalue weighted by molar-refractivity contribution is -0.921. The van der Waals surface area contributed by atoms with E-state index in [1.807, 2.05) is 6.92 Å². The maximum atomic E-state index is 13.1. The Labute approximate surface area is 166 Å². The second kappa shape index (κ2) is 13.0. The summed E-state index contributed by atoms with van der Waals surface area (Å²) in [6.07, 6.45) is -1.67. The molecule has 0 radical (unpaired) electrons. The third-order valence-electron chi connectivity index (χ3n) is 5.34. The molecule has 0 aromatic carbocycles. The lowest BCUT2D eigenvalue weighted by atomic mass is 10.0. The summed E-state index contributed by atoms with van der Waals surface area (Å²) in [5, 5.41) is -5.94. The first kappa shape index (κ1) is 29.7. The molecule has 0 aromatic rings. The first-order valence-corrected chi connectivity index (χ1v) is 11.3. The standard InChI is InChI=1S/C10H17F5O3S.C8H20N/c1-2-3-4-5-6-7-8(11)9(12,13)10(14,15)19(16,17)18;1-5-9(6-2,7-3)8-4/h8H,2-7H2,1H3,(H,16,17,18);5-8H2,1-4H3/q;+1/p-1. The Morgan fingerprint density at radius 2 is 1.21 bits per heavy atom. The largest absolute Gasteiger partial charge is 0.743 e. The average Bonchev–Trinajstić information content (AvgIpc) is 2.63. The molecule has 0 N–H and O–H groups in total. The third-order valence-corrected chi connectivity index (χ3v) is 6.24. The number of unbranched alkanes of at least 4 members (excludes halogenated alkanes) is 4. The molecule has 0 fully saturated rings. The van der Waals surface area contributed by atoms with Gasteiger partial charge in [-0.1, -0.05) is 39.0 Å². The molecule has 28 heavy (non-hydrogen) atoms. The van der Waals surface area contributed by atoms with Gasteiger partial charge in [0.15, 0.2) is 16.3 Å². The molecule has 0 aromatic heterocycles. The predicted molar refractivity (Wildman–Crippen MR) is 100 cm³/mol. The van der Waals surface area contributed by atoms with Crippen LogP contribution in [-0.4, -0.2) is 61.0 Å². The van der Waals surface area contributed by atoms with Crippen molar-refractivity contribution in [2.75, 3.05) is 26.2 Å². The SMILES string of the molecule is CCCCCCCC(F)C(F)(F)C(F)(F)S(=O)(=O)[O-].CC[N+](CC)(CC)CC. The van der Waals surface area contributed by atoms with E-state index < -0.39 is 33.9 Å². The molecule has 4 nitrogen and oxygen atoms in total. The van der Waals surface area contributed by atoms with E-state index in [1.165, 1.54) is 30.7 Å². The van der Waals surface area contributed by atoms with Crippen LogP contribution < -0.4 is 0 Å². The number of halogens is 5. The molecule has 172 valence electrons. The van der Waals surface area contributed by atoms with Crippen LogP contribution >= 0.6 is 0 Å². The molecule has 0 heterocycles. The van der Waals surface area contributed by atoms with Crippen molar-refractivity contribution >= 4 is 10.1 Å². The second-order valence-electron chi connectivity index (χ2n) is 6.87. The Bertz CT molecular complexity index is 494. The van der Waals surface area contributed by atoms with Crippen molar-refractivity contribution in [3.8, 4) is 0 Å². The van der Waals surface area contributed by atoms with Crippen molar-refractivity contribution in [3.05, 3.63) is 0 Å². The molecule has 0 aliphatic carbocycles. The zero-order valence-electron chi connectivity index (χ0n) is 17.6. The first-order chi connectivity index (χ1) is 12.7. The van der Waals surface area contributed by atoms with Crippen LogP contribution in [0.4, 0.5) is 22.0 Å². The van der Waals surface area contributed by atoms with Gasteiger partial charge in [-0.05, 0) is 34.1 Å². The minimum atomic E-state index is -6.62. The monoisotopic (exact) mass is 441 g/mol. The fourth-order valence-electron chi connectivity index (χ4n) is 2.80. The van der Waals surface area contributed by atoms with Crippen LogP contribution in [0.15, 0.2) is 0 Å². The van der Waals surface area contributed by atoms with Crippen LogP contribution in [-0.2, 0) is 10.1 Å². The second-order valence-corrected chi connectivity index (χ2v) is 8.29. The fraction of sp³-hybridized carbons (Fsp3) is 1.00. The van der Waals surface area contributed by atoms with E-state index >= 15 is 0 Å². The topological polar surface area (TPSA) is 57.2 Å². The Kier molecular flexibility index (Phi) is 13.7. The van der Waals surface area contributed by atoms with E-state index in [0.29, 0.717) is 12.8 Å². The van der Waals surface area contributed by atoms with Gasteiger partial charge in [-0.3, -0.25) is 0 Å². The van der Waals surface area contributed by atoms with Gasteiger partial charge in [0, 0.05) is 0 Å². The van der Waals surface area contributed by atoms with E-state index in [-0.39, 0.29) is 6.42 Å². The molecule has 0 saturated heterocycles. The van der Waals surface area contributed by atoms with Crippen LogP contribution in [0.1, 0.15) is 73.1 Å². The minimum absolute atomic E-state index is 0.0776. The zero-order valence-corrected chi connectivity index (χ0v) is 18.4. The molecule has 0 aliphatic rings. The summed E-state index contributed by atoms with van der Waals surface area (Å²) in [6, 6.07) is 0. The van der Waals surface area contributed by atoms with E-state index in [1.54, 1.807) is 0 Å². The van der Waals surface area contributed by atoms with Crippen molar-refractivity contribution in [3.63, 3.8) is 0 Å². The minimum Gasteiger partial charge on any atom is -0.743 e. The highest BCUT2D eigenvalue weighted by atomic mass is 32.2. The third kappa shape index (κ3) is 8.49. The molecular weight excluding hydrogens is 405 g/mol. The summed E-state index contributed by atoms with van der Waals surface area (Å²) in [7, 11) is -6.62. The maximum Gasteiger partial charge on any atom is 0.399 e. The molecule has 10 heteroatoms. The molecular formula is C18H36F5NO3S. The summed E-state index contributed by atoms with van der Waals surface area (Å²) >= 11 is 0. The Morgan fingerprint density at radius 1 is 0.821 bits per heavy atom. The van der Waals surface area contributed by atoms with E-state index in [9.17, 15) is 34.9 Å². The van der Waals surface area contributed by atoms with Crippen molar-refractivity contribution in [1.82, 2.24) is 0 Å². The molecule has 1 unspecified atom stereocenters. The zero-order chi connectivity index (χ0) is 22.6. The van der Waals surface area contributed by atoms with Crippen LogP contribution in [0.2, 0.25) is 0 Å². The Hall–Kier alpha value is -0.480. The quantitative estimate of drug-likeness (QED) is 0.168. The normalized spacial score (nSPS) is 14.4. The van der Waals surface area contributed by atoms with Gasteiger partial charge in [-0.2, -0.15) is 17.6 Å². The van der Waals surface area contributed by atoms with Crippen LogP contribution in [0.5, 0.6) is 0 Å². The smallest absolute Gasteiger partial charge is 0.399 e. The average molecular weight is 442 g/mol. The summed E-state index contributed by atoms with van der Waals surface area (Å²) in [4.78, 5) is 0. The molecule has 0 rings (SSSR count). The van der Waals surface area contributed by atoms with Crippen molar-refractivity contribution in [1.29, 1.82) is 0 Å². The molecule has 1 atom stereocenters. The summed E-state index contributed by atoms with van der Waals surface area (Å²) in [5.74, 6) is -5.52. The number of nitrogens with zero attached hydrogens (tertiary/aromatic N) is 1. The molecule has 0 aliphatic heterocycles. The summed E-state index contributed by atoms with van der Waals surface area (Å²) in [6.45, 7) is 16.1. The van der Waals surface area contributed by atoms with Gasteiger partial charge in [-0.15, -0.1) is 0 Å². The highest BCUT2D eigenvalue weighted by Crippen LogP contribution is 2.43. The highest BCUT2D eigenvalue weighted by molar-refractivity contribution is 7.86. The van der Waals surface area contributed by atoms with Gasteiger partial charge in [0.2, 0.25) is 0 Å². The van der Waals surface area contributed by atoms with Gasteiger partial charge in [-0.25, -0.2) is 12.8 Å². The Balaban J connectivity index is 0. The molecule has 0 amide bonds.